The van der Waals surface area contributed by atoms with Crippen molar-refractivity contribution in [1.29, 1.82) is 0 Å². The molecule has 0 amide bonds. The SMILES string of the molecule is COc1ccc(S(=O)(=O)N2CCN(c3cccc(Cl)c3)CC2)c(C)c1. The number of sulfonamides is 1. The normalized spacial score (nSPS) is 16.0. The molecular formula is C18H21ClN2O3S. The Bertz CT molecular complexity index is 862. The third kappa shape index (κ3) is 3.76. The Kier molecular flexibility index (Phi) is 5.22. The van der Waals surface area contributed by atoms with Crippen LogP contribution in [0.2, 0.25) is 5.02 Å². The van der Waals surface area contributed by atoms with Crippen molar-refractivity contribution >= 4 is 27.3 Å². The maximum absolute atomic E-state index is 13.0. The molecule has 1 aliphatic rings. The molecule has 7 heteroatoms. The highest BCUT2D eigenvalue weighted by molar-refractivity contribution is 7.89. The van der Waals surface area contributed by atoms with Gasteiger partial charge in [-0.1, -0.05) is 17.7 Å². The molecule has 0 saturated carbocycles. The van der Waals surface area contributed by atoms with E-state index in [1.54, 1.807) is 36.5 Å². The molecule has 0 N–H and O–H groups in total. The second-order valence-corrected chi connectivity index (χ2v) is 8.35. The maximum Gasteiger partial charge on any atom is 0.243 e. The van der Waals surface area contributed by atoms with Crippen LogP contribution < -0.4 is 9.64 Å². The van der Waals surface area contributed by atoms with Crippen LogP contribution in [0.15, 0.2) is 47.4 Å². The topological polar surface area (TPSA) is 49.9 Å². The van der Waals surface area contributed by atoms with Gasteiger partial charge in [-0.2, -0.15) is 4.31 Å². The number of piperazine rings is 1. The van der Waals surface area contributed by atoms with Gasteiger partial charge in [0.25, 0.3) is 0 Å². The second kappa shape index (κ2) is 7.23. The number of aryl methyl sites for hydroxylation is 1. The summed E-state index contributed by atoms with van der Waals surface area (Å²) < 4.78 is 32.6. The van der Waals surface area contributed by atoms with Crippen molar-refractivity contribution < 1.29 is 13.2 Å². The smallest absolute Gasteiger partial charge is 0.243 e. The van der Waals surface area contributed by atoms with E-state index in [1.165, 1.54) is 0 Å². The minimum Gasteiger partial charge on any atom is -0.497 e. The largest absolute Gasteiger partial charge is 0.497 e. The molecule has 1 fully saturated rings. The van der Waals surface area contributed by atoms with Crippen LogP contribution in [0.4, 0.5) is 5.69 Å². The average Bonchev–Trinajstić information content (AvgIpc) is 2.61. The van der Waals surface area contributed by atoms with Crippen molar-refractivity contribution in [3.05, 3.63) is 53.1 Å². The molecular weight excluding hydrogens is 360 g/mol. The van der Waals surface area contributed by atoms with Gasteiger partial charge in [-0.15, -0.1) is 0 Å². The summed E-state index contributed by atoms with van der Waals surface area (Å²) in [6.07, 6.45) is 0. The number of nitrogens with zero attached hydrogens (tertiary/aromatic N) is 2. The molecule has 3 rings (SSSR count). The van der Waals surface area contributed by atoms with Gasteiger partial charge < -0.3 is 9.64 Å². The number of hydrogen-bond acceptors (Lipinski definition) is 4. The summed E-state index contributed by atoms with van der Waals surface area (Å²) in [7, 11) is -1.94. The first-order chi connectivity index (χ1) is 11.9. The van der Waals surface area contributed by atoms with E-state index in [0.29, 0.717) is 47.4 Å². The molecule has 1 aliphatic heterocycles. The van der Waals surface area contributed by atoms with E-state index in [1.807, 2.05) is 24.3 Å². The highest BCUT2D eigenvalue weighted by Gasteiger charge is 2.29. The van der Waals surface area contributed by atoms with Crippen LogP contribution in [-0.2, 0) is 10.0 Å². The van der Waals surface area contributed by atoms with Crippen LogP contribution in [0.3, 0.4) is 0 Å². The Hall–Kier alpha value is -1.76. The monoisotopic (exact) mass is 380 g/mol. The number of benzene rings is 2. The molecule has 134 valence electrons. The summed E-state index contributed by atoms with van der Waals surface area (Å²) in [5, 5.41) is 0.682. The Balaban J connectivity index is 1.75. The van der Waals surface area contributed by atoms with Crippen molar-refractivity contribution in [2.24, 2.45) is 0 Å². The van der Waals surface area contributed by atoms with Crippen LogP contribution in [0.25, 0.3) is 0 Å². The number of methoxy groups -OCH3 is 1. The Morgan fingerprint density at radius 1 is 1.04 bits per heavy atom. The van der Waals surface area contributed by atoms with Crippen molar-refractivity contribution in [2.75, 3.05) is 38.2 Å². The zero-order valence-electron chi connectivity index (χ0n) is 14.3. The zero-order chi connectivity index (χ0) is 18.0. The van der Waals surface area contributed by atoms with Crippen LogP contribution >= 0.6 is 11.6 Å². The molecule has 25 heavy (non-hydrogen) atoms. The molecule has 2 aromatic rings. The molecule has 0 aromatic heterocycles. The molecule has 1 heterocycles. The number of halogens is 1. The van der Waals surface area contributed by atoms with Crippen LogP contribution in [0, 0.1) is 6.92 Å². The van der Waals surface area contributed by atoms with E-state index in [0.717, 1.165) is 5.69 Å². The second-order valence-electron chi connectivity index (χ2n) is 6.00. The van der Waals surface area contributed by atoms with Crippen LogP contribution in [0.5, 0.6) is 5.75 Å². The van der Waals surface area contributed by atoms with Gasteiger partial charge in [0.1, 0.15) is 5.75 Å². The van der Waals surface area contributed by atoms with Crippen molar-refractivity contribution in [1.82, 2.24) is 4.31 Å². The molecule has 0 aliphatic carbocycles. The molecule has 0 bridgehead atoms. The van der Waals surface area contributed by atoms with Crippen LogP contribution in [-0.4, -0.2) is 46.0 Å². The minimum absolute atomic E-state index is 0.338. The fourth-order valence-electron chi connectivity index (χ4n) is 3.04. The highest BCUT2D eigenvalue weighted by Crippen LogP contribution is 2.26. The van der Waals surface area contributed by atoms with Crippen molar-refractivity contribution in [2.45, 2.75) is 11.8 Å². The van der Waals surface area contributed by atoms with Gasteiger partial charge in [0.2, 0.25) is 10.0 Å². The maximum atomic E-state index is 13.0. The Labute approximate surface area is 153 Å². The number of anilines is 1. The molecule has 0 spiro atoms. The molecule has 2 aromatic carbocycles. The predicted octanol–water partition coefficient (Wildman–Crippen LogP) is 3.17. The summed E-state index contributed by atoms with van der Waals surface area (Å²) in [5.74, 6) is 0.655. The summed E-state index contributed by atoms with van der Waals surface area (Å²) >= 11 is 6.04. The minimum atomic E-state index is -3.51. The standard InChI is InChI=1S/C18H21ClN2O3S/c1-14-12-17(24-2)6-7-18(14)25(22,23)21-10-8-20(9-11-21)16-5-3-4-15(19)13-16/h3-7,12-13H,8-11H2,1-2H3. The lowest BCUT2D eigenvalue weighted by Gasteiger charge is -2.35. The van der Waals surface area contributed by atoms with Gasteiger partial charge >= 0.3 is 0 Å². The van der Waals surface area contributed by atoms with Gasteiger partial charge in [-0.25, -0.2) is 8.42 Å². The van der Waals surface area contributed by atoms with Crippen LogP contribution in [0.1, 0.15) is 5.56 Å². The number of hydrogen-bond donors (Lipinski definition) is 0. The molecule has 1 saturated heterocycles. The lowest BCUT2D eigenvalue weighted by Crippen LogP contribution is -2.48. The molecule has 5 nitrogen and oxygen atoms in total. The third-order valence-corrected chi connectivity index (χ3v) is 6.71. The first-order valence-electron chi connectivity index (χ1n) is 8.07. The first-order valence-corrected chi connectivity index (χ1v) is 9.89. The third-order valence-electron chi connectivity index (χ3n) is 4.41. The van der Waals surface area contributed by atoms with Gasteiger partial charge in [0.15, 0.2) is 0 Å². The van der Waals surface area contributed by atoms with Gasteiger partial charge in [-0.05, 0) is 48.9 Å². The Morgan fingerprint density at radius 2 is 1.76 bits per heavy atom. The first kappa shape index (κ1) is 18.0. The van der Waals surface area contributed by atoms with E-state index in [-0.39, 0.29) is 0 Å². The molecule has 0 radical (unpaired) electrons. The van der Waals surface area contributed by atoms with Gasteiger partial charge in [0, 0.05) is 36.9 Å². The van der Waals surface area contributed by atoms with Crippen molar-refractivity contribution in [3.8, 4) is 5.75 Å². The van der Waals surface area contributed by atoms with E-state index in [2.05, 4.69) is 4.90 Å². The molecule has 0 atom stereocenters. The summed E-state index contributed by atoms with van der Waals surface area (Å²) in [6, 6.07) is 12.7. The lowest BCUT2D eigenvalue weighted by molar-refractivity contribution is 0.384. The Morgan fingerprint density at radius 3 is 2.36 bits per heavy atom. The average molecular weight is 381 g/mol. The number of rotatable bonds is 4. The highest BCUT2D eigenvalue weighted by atomic mass is 35.5. The summed E-state index contributed by atoms with van der Waals surface area (Å²) in [4.78, 5) is 2.49. The molecule has 0 unspecified atom stereocenters. The van der Waals surface area contributed by atoms with E-state index in [4.69, 9.17) is 16.3 Å². The van der Waals surface area contributed by atoms with E-state index in [9.17, 15) is 8.42 Å². The predicted molar refractivity (Wildman–Crippen MR) is 100 cm³/mol. The van der Waals surface area contributed by atoms with Gasteiger partial charge in [0.05, 0.1) is 12.0 Å². The fourth-order valence-corrected chi connectivity index (χ4v) is 4.85. The number of ether oxygens (including phenoxy) is 1. The van der Waals surface area contributed by atoms with Crippen molar-refractivity contribution in [3.63, 3.8) is 0 Å². The summed E-state index contributed by atoms with van der Waals surface area (Å²) in [6.45, 7) is 3.95. The summed E-state index contributed by atoms with van der Waals surface area (Å²) in [5.41, 5.74) is 1.71. The van der Waals surface area contributed by atoms with E-state index < -0.39 is 10.0 Å². The quantitative estimate of drug-likeness (QED) is 0.817. The zero-order valence-corrected chi connectivity index (χ0v) is 15.8. The van der Waals surface area contributed by atoms with E-state index >= 15 is 0 Å². The van der Waals surface area contributed by atoms with Gasteiger partial charge in [-0.3, -0.25) is 0 Å². The fraction of sp³-hybridized carbons (Fsp3) is 0.333. The lowest BCUT2D eigenvalue weighted by atomic mass is 10.2.